The van der Waals surface area contributed by atoms with Crippen LogP contribution in [0, 0.1) is 5.92 Å². The average molecular weight is 287 g/mol. The molecule has 0 aliphatic carbocycles. The molecule has 1 aromatic rings. The molecule has 2 unspecified atom stereocenters. The lowest BCUT2D eigenvalue weighted by molar-refractivity contribution is 0.241. The van der Waals surface area contributed by atoms with Gasteiger partial charge in [0.15, 0.2) is 0 Å². The van der Waals surface area contributed by atoms with Gasteiger partial charge >= 0.3 is 0 Å². The Bertz CT molecular complexity index is 389. The largest absolute Gasteiger partial charge is 0.329 e. The molecule has 100 valence electrons. The number of nitrogens with zero attached hydrogens (tertiary/aromatic N) is 1. The highest BCUT2D eigenvalue weighted by molar-refractivity contribution is 6.34. The molecule has 2 N–H and O–H groups in total. The smallest absolute Gasteiger partial charge is 0.0471 e. The molecule has 4 heteroatoms. The normalized spacial score (nSPS) is 22.3. The van der Waals surface area contributed by atoms with Crippen molar-refractivity contribution in [1.82, 2.24) is 4.90 Å². The van der Waals surface area contributed by atoms with E-state index in [1.807, 2.05) is 12.1 Å². The molecular weight excluding hydrogens is 267 g/mol. The van der Waals surface area contributed by atoms with Gasteiger partial charge in [-0.1, -0.05) is 36.5 Å². The minimum absolute atomic E-state index is 0.234. The number of hydrogen-bond acceptors (Lipinski definition) is 2. The highest BCUT2D eigenvalue weighted by atomic mass is 35.5. The van der Waals surface area contributed by atoms with Crippen molar-refractivity contribution in [2.75, 3.05) is 19.6 Å². The molecule has 0 amide bonds. The Labute approximate surface area is 119 Å². The molecule has 1 aliphatic rings. The Kier molecular flexibility index (Phi) is 4.91. The summed E-state index contributed by atoms with van der Waals surface area (Å²) in [5, 5.41) is 1.37. The first-order chi connectivity index (χ1) is 8.63. The van der Waals surface area contributed by atoms with Crippen molar-refractivity contribution in [2.24, 2.45) is 11.7 Å². The van der Waals surface area contributed by atoms with Gasteiger partial charge in [0.1, 0.15) is 0 Å². The fraction of sp³-hybridized carbons (Fsp3) is 0.571. The summed E-state index contributed by atoms with van der Waals surface area (Å²) in [4.78, 5) is 2.45. The predicted molar refractivity (Wildman–Crippen MR) is 78.2 cm³/mol. The van der Waals surface area contributed by atoms with Crippen LogP contribution in [0.2, 0.25) is 10.0 Å². The van der Waals surface area contributed by atoms with Gasteiger partial charge in [-0.2, -0.15) is 0 Å². The van der Waals surface area contributed by atoms with Crippen LogP contribution in [-0.4, -0.2) is 24.5 Å². The van der Waals surface area contributed by atoms with Gasteiger partial charge in [-0.25, -0.2) is 0 Å². The third-order valence-corrected chi connectivity index (χ3v) is 4.26. The zero-order chi connectivity index (χ0) is 13.1. The average Bonchev–Trinajstić information content (AvgIpc) is 2.77. The van der Waals surface area contributed by atoms with Gasteiger partial charge in [-0.15, -0.1) is 0 Å². The second kappa shape index (κ2) is 6.25. The van der Waals surface area contributed by atoms with Crippen LogP contribution in [0.5, 0.6) is 0 Å². The number of likely N-dealkylation sites (tertiary alicyclic amines) is 1. The van der Waals surface area contributed by atoms with E-state index in [0.29, 0.717) is 16.6 Å². The van der Waals surface area contributed by atoms with Gasteiger partial charge in [-0.3, -0.25) is 4.90 Å². The van der Waals surface area contributed by atoms with Gasteiger partial charge in [0.2, 0.25) is 0 Å². The Hall–Kier alpha value is -0.280. The highest BCUT2D eigenvalue weighted by Crippen LogP contribution is 2.31. The molecule has 1 saturated heterocycles. The van der Waals surface area contributed by atoms with E-state index < -0.39 is 0 Å². The van der Waals surface area contributed by atoms with E-state index in [9.17, 15) is 0 Å². The zero-order valence-corrected chi connectivity index (χ0v) is 12.2. The lowest BCUT2D eigenvalue weighted by Crippen LogP contribution is -2.32. The molecule has 0 radical (unpaired) electrons. The van der Waals surface area contributed by atoms with Gasteiger partial charge in [0.05, 0.1) is 0 Å². The van der Waals surface area contributed by atoms with Crippen molar-refractivity contribution in [3.8, 4) is 0 Å². The fourth-order valence-corrected chi connectivity index (χ4v) is 3.29. The minimum atomic E-state index is 0.234. The van der Waals surface area contributed by atoms with E-state index in [1.165, 1.54) is 12.8 Å². The van der Waals surface area contributed by atoms with Crippen molar-refractivity contribution in [3.05, 3.63) is 33.8 Å². The van der Waals surface area contributed by atoms with E-state index in [-0.39, 0.29) is 6.04 Å². The Morgan fingerprint density at radius 1 is 1.33 bits per heavy atom. The lowest BCUT2D eigenvalue weighted by atomic mass is 10.0. The van der Waals surface area contributed by atoms with Crippen LogP contribution in [-0.2, 0) is 0 Å². The van der Waals surface area contributed by atoms with Crippen LogP contribution < -0.4 is 5.73 Å². The number of rotatable bonds is 4. The summed E-state index contributed by atoms with van der Waals surface area (Å²) >= 11 is 12.1. The van der Waals surface area contributed by atoms with Crippen LogP contribution in [0.25, 0.3) is 0 Å². The standard InChI is InChI=1S/C14H20Cl2N2/c1-2-10-3-4-18(9-10)14(8-17)11-5-12(15)7-13(16)6-11/h5-7,10,14H,2-4,8-9,17H2,1H3. The van der Waals surface area contributed by atoms with Crippen molar-refractivity contribution in [2.45, 2.75) is 25.8 Å². The number of benzene rings is 1. The topological polar surface area (TPSA) is 29.3 Å². The van der Waals surface area contributed by atoms with Gasteiger partial charge in [0, 0.05) is 29.2 Å². The maximum atomic E-state index is 6.07. The lowest BCUT2D eigenvalue weighted by Gasteiger charge is -2.27. The number of nitrogens with two attached hydrogens (primary N) is 1. The van der Waals surface area contributed by atoms with Crippen LogP contribution in [0.1, 0.15) is 31.4 Å². The summed E-state index contributed by atoms with van der Waals surface area (Å²) in [6, 6.07) is 5.95. The first-order valence-corrected chi connectivity index (χ1v) is 7.29. The van der Waals surface area contributed by atoms with E-state index in [1.54, 1.807) is 6.07 Å². The van der Waals surface area contributed by atoms with E-state index in [0.717, 1.165) is 24.6 Å². The van der Waals surface area contributed by atoms with Gasteiger partial charge < -0.3 is 5.73 Å². The molecule has 1 aliphatic heterocycles. The van der Waals surface area contributed by atoms with Crippen molar-refractivity contribution in [3.63, 3.8) is 0 Å². The van der Waals surface area contributed by atoms with Crippen molar-refractivity contribution >= 4 is 23.2 Å². The SMILES string of the molecule is CCC1CCN(C(CN)c2cc(Cl)cc(Cl)c2)C1. The van der Waals surface area contributed by atoms with Crippen LogP contribution in [0.3, 0.4) is 0 Å². The molecule has 0 bridgehead atoms. The summed E-state index contributed by atoms with van der Waals surface area (Å²) in [6.45, 7) is 5.10. The molecule has 0 saturated carbocycles. The minimum Gasteiger partial charge on any atom is -0.329 e. The van der Waals surface area contributed by atoms with Gasteiger partial charge in [-0.05, 0) is 42.6 Å². The highest BCUT2D eigenvalue weighted by Gasteiger charge is 2.27. The van der Waals surface area contributed by atoms with Crippen LogP contribution in [0.4, 0.5) is 0 Å². The molecule has 1 heterocycles. The molecule has 1 fully saturated rings. The first-order valence-electron chi connectivity index (χ1n) is 6.54. The Balaban J connectivity index is 2.18. The zero-order valence-electron chi connectivity index (χ0n) is 10.7. The molecular formula is C14H20Cl2N2. The maximum Gasteiger partial charge on any atom is 0.0471 e. The summed E-state index contributed by atoms with van der Waals surface area (Å²) in [7, 11) is 0. The summed E-state index contributed by atoms with van der Waals surface area (Å²) in [5.41, 5.74) is 7.08. The van der Waals surface area contributed by atoms with E-state index in [2.05, 4.69) is 11.8 Å². The molecule has 0 aromatic heterocycles. The van der Waals surface area contributed by atoms with E-state index >= 15 is 0 Å². The van der Waals surface area contributed by atoms with Gasteiger partial charge in [0.25, 0.3) is 0 Å². The second-order valence-corrected chi connectivity index (χ2v) is 5.89. The number of hydrogen-bond donors (Lipinski definition) is 1. The molecule has 0 spiro atoms. The summed E-state index contributed by atoms with van der Waals surface area (Å²) < 4.78 is 0. The molecule has 2 rings (SSSR count). The molecule has 1 aromatic carbocycles. The molecule has 2 nitrogen and oxygen atoms in total. The third kappa shape index (κ3) is 3.18. The fourth-order valence-electron chi connectivity index (χ4n) is 2.74. The second-order valence-electron chi connectivity index (χ2n) is 5.01. The van der Waals surface area contributed by atoms with Crippen LogP contribution in [0.15, 0.2) is 18.2 Å². The molecule has 2 atom stereocenters. The van der Waals surface area contributed by atoms with Crippen molar-refractivity contribution in [1.29, 1.82) is 0 Å². The summed E-state index contributed by atoms with van der Waals surface area (Å²) in [5.74, 6) is 0.800. The third-order valence-electron chi connectivity index (χ3n) is 3.83. The van der Waals surface area contributed by atoms with Crippen LogP contribution >= 0.6 is 23.2 Å². The Morgan fingerprint density at radius 2 is 2.00 bits per heavy atom. The quantitative estimate of drug-likeness (QED) is 0.914. The predicted octanol–water partition coefficient (Wildman–Crippen LogP) is 3.73. The Morgan fingerprint density at radius 3 is 2.50 bits per heavy atom. The monoisotopic (exact) mass is 286 g/mol. The first kappa shape index (κ1) is 14.1. The maximum absolute atomic E-state index is 6.07. The molecule has 18 heavy (non-hydrogen) atoms. The van der Waals surface area contributed by atoms with Crippen molar-refractivity contribution < 1.29 is 0 Å². The number of halogens is 2. The van der Waals surface area contributed by atoms with E-state index in [4.69, 9.17) is 28.9 Å². The summed E-state index contributed by atoms with van der Waals surface area (Å²) in [6.07, 6.45) is 2.51.